The van der Waals surface area contributed by atoms with Gasteiger partial charge in [0, 0.05) is 17.5 Å². The minimum atomic E-state index is -0.987. The van der Waals surface area contributed by atoms with Gasteiger partial charge < -0.3 is 14.2 Å². The van der Waals surface area contributed by atoms with Crippen LogP contribution in [-0.4, -0.2) is 42.6 Å². The minimum Gasteiger partial charge on any atom is -0.363 e. The molecule has 0 N–H and O–H groups in total. The van der Waals surface area contributed by atoms with Crippen LogP contribution >= 0.6 is 0 Å². The molecule has 0 aliphatic carbocycles. The van der Waals surface area contributed by atoms with Crippen LogP contribution in [0.2, 0.25) is 0 Å². The molecule has 38 heavy (non-hydrogen) atoms. The van der Waals surface area contributed by atoms with Gasteiger partial charge in [0.25, 0.3) is 0 Å². The molecule has 0 saturated heterocycles. The number of carbonyl (C=O) groups is 2. The molecule has 0 saturated carbocycles. The normalized spacial score (nSPS) is 12.0. The average Bonchev–Trinajstić information content (AvgIpc) is 2.92. The molecular weight excluding hydrogens is 476 g/mol. The zero-order valence-corrected chi connectivity index (χ0v) is 23.1. The van der Waals surface area contributed by atoms with Crippen LogP contribution in [0.25, 0.3) is 0 Å². The van der Waals surface area contributed by atoms with Gasteiger partial charge in [-0.25, -0.2) is 0 Å². The molecule has 5 nitrogen and oxygen atoms in total. The first kappa shape index (κ1) is 30.8. The first-order chi connectivity index (χ1) is 18.0. The van der Waals surface area contributed by atoms with Gasteiger partial charge in [-0.1, -0.05) is 72.8 Å². The quantitative estimate of drug-likeness (QED) is 0.167. The minimum absolute atomic E-state index is 0.128. The number of ketones is 2. The summed E-state index contributed by atoms with van der Waals surface area (Å²) in [5, 5.41) is 0. The molecule has 0 atom stereocenters. The van der Waals surface area contributed by atoms with E-state index >= 15 is 0 Å². The van der Waals surface area contributed by atoms with E-state index in [1.807, 2.05) is 24.3 Å². The third-order valence-corrected chi connectivity index (χ3v) is 6.32. The Balaban J connectivity index is 2.49. The molecule has 0 aliphatic rings. The second-order valence-corrected chi connectivity index (χ2v) is 9.95. The van der Waals surface area contributed by atoms with Crippen molar-refractivity contribution in [3.05, 3.63) is 121 Å². The summed E-state index contributed by atoms with van der Waals surface area (Å²) in [5.74, 6) is -0.257. The highest BCUT2D eigenvalue weighted by Gasteiger charge is 2.36. The van der Waals surface area contributed by atoms with Crippen LogP contribution in [0, 0.1) is 0 Å². The molecule has 0 amide bonds. The van der Waals surface area contributed by atoms with E-state index in [0.29, 0.717) is 24.2 Å². The Kier molecular flexibility index (Phi) is 10.9. The highest BCUT2D eigenvalue weighted by Crippen LogP contribution is 2.38. The number of hydrogen-bond donors (Lipinski definition) is 0. The van der Waals surface area contributed by atoms with Gasteiger partial charge in [0.1, 0.15) is 16.8 Å². The lowest BCUT2D eigenvalue weighted by Gasteiger charge is -2.34. The molecule has 0 bridgehead atoms. The summed E-state index contributed by atoms with van der Waals surface area (Å²) in [6, 6.07) is 14.7. The predicted octanol–water partition coefficient (Wildman–Crippen LogP) is 7.04. The van der Waals surface area contributed by atoms with E-state index in [2.05, 4.69) is 26.3 Å². The average molecular weight is 517 g/mol. The summed E-state index contributed by atoms with van der Waals surface area (Å²) in [6.45, 7) is 22.9. The van der Waals surface area contributed by atoms with E-state index in [4.69, 9.17) is 14.2 Å². The molecule has 0 unspecified atom stereocenters. The first-order valence-electron chi connectivity index (χ1n) is 12.6. The number of ether oxygens (including phenoxy) is 3. The maximum Gasteiger partial charge on any atom is 0.194 e. The van der Waals surface area contributed by atoms with Crippen molar-refractivity contribution in [3.63, 3.8) is 0 Å². The lowest BCUT2D eigenvalue weighted by Crippen LogP contribution is -2.36. The van der Waals surface area contributed by atoms with Crippen molar-refractivity contribution in [3.8, 4) is 0 Å². The fourth-order valence-electron chi connectivity index (χ4n) is 4.17. The van der Waals surface area contributed by atoms with Crippen LogP contribution in [0.1, 0.15) is 66.0 Å². The van der Waals surface area contributed by atoms with Gasteiger partial charge in [0.05, 0.1) is 19.8 Å². The second-order valence-electron chi connectivity index (χ2n) is 9.95. The SMILES string of the molecule is C=CCOC(C)(C)C(=O)c1ccc(C(CC=C)(OCC=C)c2ccc(C(=O)C(C)(C)OCC=C)cc2)cc1. The van der Waals surface area contributed by atoms with Crippen molar-refractivity contribution in [2.45, 2.75) is 50.9 Å². The molecule has 5 heteroatoms. The second kappa shape index (κ2) is 13.4. The molecule has 2 aromatic rings. The van der Waals surface area contributed by atoms with Crippen LogP contribution < -0.4 is 0 Å². The first-order valence-corrected chi connectivity index (χ1v) is 12.6. The number of carbonyl (C=O) groups excluding carboxylic acids is 2. The highest BCUT2D eigenvalue weighted by atomic mass is 16.5. The number of rotatable bonds is 17. The Labute approximate surface area is 227 Å². The van der Waals surface area contributed by atoms with E-state index in [9.17, 15) is 9.59 Å². The van der Waals surface area contributed by atoms with Gasteiger partial charge in [0.15, 0.2) is 11.6 Å². The zero-order chi connectivity index (χ0) is 28.4. The van der Waals surface area contributed by atoms with E-state index < -0.39 is 16.8 Å². The van der Waals surface area contributed by atoms with E-state index in [-0.39, 0.29) is 24.8 Å². The monoisotopic (exact) mass is 516 g/mol. The molecule has 0 aliphatic heterocycles. The summed E-state index contributed by atoms with van der Waals surface area (Å²) in [4.78, 5) is 26.2. The highest BCUT2D eigenvalue weighted by molar-refractivity contribution is 6.02. The Bertz CT molecular complexity index is 1060. The van der Waals surface area contributed by atoms with Crippen molar-refractivity contribution in [2.75, 3.05) is 19.8 Å². The Morgan fingerprint density at radius 2 is 0.947 bits per heavy atom. The van der Waals surface area contributed by atoms with Gasteiger partial charge in [-0.2, -0.15) is 0 Å². The van der Waals surface area contributed by atoms with E-state index in [0.717, 1.165) is 11.1 Å². The van der Waals surface area contributed by atoms with E-state index in [1.165, 1.54) is 0 Å². The molecule has 2 rings (SSSR count). The largest absolute Gasteiger partial charge is 0.363 e. The molecule has 0 fully saturated rings. The maximum atomic E-state index is 13.1. The Morgan fingerprint density at radius 3 is 1.26 bits per heavy atom. The summed E-state index contributed by atoms with van der Waals surface area (Å²) in [7, 11) is 0. The van der Waals surface area contributed by atoms with Gasteiger partial charge in [0.2, 0.25) is 0 Å². The summed E-state index contributed by atoms with van der Waals surface area (Å²) in [5.41, 5.74) is -0.132. The standard InChI is InChI=1S/C33H40O5/c1-9-21-33(38-24-12-4,27-17-13-25(14-18-27)29(34)31(5,6)36-22-10-2)28-19-15-26(16-20-28)30(35)32(7,8)37-23-11-3/h9-20H,1-4,21-24H2,5-8H3. The van der Waals surface area contributed by atoms with Crippen molar-refractivity contribution in [1.82, 2.24) is 0 Å². The van der Waals surface area contributed by atoms with Crippen molar-refractivity contribution in [2.24, 2.45) is 0 Å². The fraction of sp³-hybridized carbons (Fsp3) is 0.333. The van der Waals surface area contributed by atoms with Crippen LogP contribution in [0.15, 0.2) is 99.2 Å². The third-order valence-electron chi connectivity index (χ3n) is 6.32. The number of hydrogen-bond acceptors (Lipinski definition) is 5. The van der Waals surface area contributed by atoms with Gasteiger partial charge in [-0.05, 0) is 38.8 Å². The van der Waals surface area contributed by atoms with Gasteiger partial charge in [-0.15, -0.1) is 26.3 Å². The number of benzene rings is 2. The van der Waals surface area contributed by atoms with E-state index in [1.54, 1.807) is 76.3 Å². The molecule has 2 aromatic carbocycles. The predicted molar refractivity (Wildman–Crippen MR) is 154 cm³/mol. The van der Waals surface area contributed by atoms with Gasteiger partial charge >= 0.3 is 0 Å². The van der Waals surface area contributed by atoms with Crippen LogP contribution in [0.4, 0.5) is 0 Å². The topological polar surface area (TPSA) is 61.8 Å². The lowest BCUT2D eigenvalue weighted by molar-refractivity contribution is 0.000422. The van der Waals surface area contributed by atoms with Crippen LogP contribution in [0.3, 0.4) is 0 Å². The van der Waals surface area contributed by atoms with Crippen LogP contribution in [0.5, 0.6) is 0 Å². The van der Waals surface area contributed by atoms with Crippen molar-refractivity contribution in [1.29, 1.82) is 0 Å². The van der Waals surface area contributed by atoms with Crippen LogP contribution in [-0.2, 0) is 19.8 Å². The Hall–Kier alpha value is -3.38. The summed E-state index contributed by atoms with van der Waals surface area (Å²) >= 11 is 0. The molecular formula is C33H40O5. The lowest BCUT2D eigenvalue weighted by atomic mass is 9.81. The maximum absolute atomic E-state index is 13.1. The summed E-state index contributed by atoms with van der Waals surface area (Å²) in [6.07, 6.45) is 7.18. The Morgan fingerprint density at radius 1 is 0.605 bits per heavy atom. The fourth-order valence-corrected chi connectivity index (χ4v) is 4.17. The van der Waals surface area contributed by atoms with Crippen molar-refractivity contribution >= 4 is 11.6 Å². The van der Waals surface area contributed by atoms with Crippen molar-refractivity contribution < 1.29 is 23.8 Å². The molecule has 202 valence electrons. The summed E-state index contributed by atoms with van der Waals surface area (Å²) < 4.78 is 17.7. The molecule has 0 spiro atoms. The molecule has 0 radical (unpaired) electrons. The third kappa shape index (κ3) is 7.13. The molecule has 0 aromatic heterocycles. The number of Topliss-reactive ketones (excluding diaryl/α,β-unsaturated/α-hetero) is 2. The molecule has 0 heterocycles. The van der Waals surface area contributed by atoms with Gasteiger partial charge in [-0.3, -0.25) is 9.59 Å². The zero-order valence-electron chi connectivity index (χ0n) is 23.1. The smallest absolute Gasteiger partial charge is 0.194 e.